The first-order valence-corrected chi connectivity index (χ1v) is 6.64. The van der Waals surface area contributed by atoms with Gasteiger partial charge in [-0.05, 0) is 35.2 Å². The van der Waals surface area contributed by atoms with Gasteiger partial charge in [-0.15, -0.1) is 0 Å². The maximum atomic E-state index is 12.3. The molecule has 3 nitrogen and oxygen atoms in total. The standard InChI is InChI=1S/C17H20N2O/c1-17(2,3)14-11-9-13(10-12-14)16(20)19(18)15-7-5-4-6-8-15/h4-12H,18H2,1-3H3. The molecule has 3 heteroatoms. The third-order valence-corrected chi connectivity index (χ3v) is 3.25. The number of anilines is 1. The van der Waals surface area contributed by atoms with Crippen LogP contribution in [-0.4, -0.2) is 5.91 Å². The van der Waals surface area contributed by atoms with Crippen LogP contribution in [0.5, 0.6) is 0 Å². The molecule has 2 aromatic carbocycles. The second-order valence-electron chi connectivity index (χ2n) is 5.84. The minimum absolute atomic E-state index is 0.0728. The van der Waals surface area contributed by atoms with Crippen LogP contribution < -0.4 is 10.9 Å². The van der Waals surface area contributed by atoms with E-state index in [1.54, 1.807) is 12.1 Å². The Morgan fingerprint density at radius 1 is 0.950 bits per heavy atom. The zero-order chi connectivity index (χ0) is 14.8. The minimum Gasteiger partial charge on any atom is -0.267 e. The predicted molar refractivity (Wildman–Crippen MR) is 82.6 cm³/mol. The molecule has 0 radical (unpaired) electrons. The zero-order valence-electron chi connectivity index (χ0n) is 12.1. The molecule has 0 fully saturated rings. The van der Waals surface area contributed by atoms with E-state index in [9.17, 15) is 4.79 Å². The molecule has 2 N–H and O–H groups in total. The number of carbonyl (C=O) groups is 1. The molecule has 0 saturated heterocycles. The van der Waals surface area contributed by atoms with Gasteiger partial charge in [-0.25, -0.2) is 10.9 Å². The smallest absolute Gasteiger partial charge is 0.267 e. The Labute approximate surface area is 120 Å². The fourth-order valence-corrected chi connectivity index (χ4v) is 1.96. The fourth-order valence-electron chi connectivity index (χ4n) is 1.96. The van der Waals surface area contributed by atoms with Crippen LogP contribution in [0.4, 0.5) is 5.69 Å². The summed E-state index contributed by atoms with van der Waals surface area (Å²) in [6.07, 6.45) is 0. The molecule has 2 aromatic rings. The maximum Gasteiger partial charge on any atom is 0.272 e. The first-order chi connectivity index (χ1) is 9.39. The summed E-state index contributed by atoms with van der Waals surface area (Å²) in [7, 11) is 0. The van der Waals surface area contributed by atoms with Gasteiger partial charge in [0.1, 0.15) is 0 Å². The first-order valence-electron chi connectivity index (χ1n) is 6.64. The Kier molecular flexibility index (Phi) is 3.91. The molecule has 0 aliphatic heterocycles. The Morgan fingerprint density at radius 3 is 2.00 bits per heavy atom. The summed E-state index contributed by atoms with van der Waals surface area (Å²) in [5.41, 5.74) is 2.53. The fraction of sp³-hybridized carbons (Fsp3) is 0.235. The highest BCUT2D eigenvalue weighted by Gasteiger charge is 2.17. The molecule has 0 aromatic heterocycles. The monoisotopic (exact) mass is 268 g/mol. The largest absolute Gasteiger partial charge is 0.272 e. The number of rotatable bonds is 2. The number of amides is 1. The molecule has 104 valence electrons. The Bertz CT molecular complexity index is 583. The van der Waals surface area contributed by atoms with E-state index in [2.05, 4.69) is 20.8 Å². The second-order valence-corrected chi connectivity index (χ2v) is 5.84. The van der Waals surface area contributed by atoms with Gasteiger partial charge in [0.25, 0.3) is 5.91 Å². The molecule has 0 bridgehead atoms. The predicted octanol–water partition coefficient (Wildman–Crippen LogP) is 3.50. The van der Waals surface area contributed by atoms with E-state index >= 15 is 0 Å². The molecule has 0 heterocycles. The van der Waals surface area contributed by atoms with Crippen molar-refractivity contribution < 1.29 is 4.79 Å². The Morgan fingerprint density at radius 2 is 1.50 bits per heavy atom. The molecular weight excluding hydrogens is 248 g/mol. The van der Waals surface area contributed by atoms with Crippen LogP contribution in [0.25, 0.3) is 0 Å². The summed E-state index contributed by atoms with van der Waals surface area (Å²) in [6.45, 7) is 6.43. The molecule has 2 rings (SSSR count). The quantitative estimate of drug-likeness (QED) is 0.514. The zero-order valence-corrected chi connectivity index (χ0v) is 12.1. The topological polar surface area (TPSA) is 46.3 Å². The normalized spacial score (nSPS) is 11.2. The van der Waals surface area contributed by atoms with Crippen LogP contribution in [0.15, 0.2) is 54.6 Å². The minimum atomic E-state index is -0.211. The van der Waals surface area contributed by atoms with E-state index in [4.69, 9.17) is 5.84 Å². The summed E-state index contributed by atoms with van der Waals surface area (Å²) in [5, 5.41) is 1.17. The molecule has 0 aliphatic carbocycles. The van der Waals surface area contributed by atoms with Gasteiger partial charge in [0.15, 0.2) is 0 Å². The number of hydrogen-bond donors (Lipinski definition) is 1. The van der Waals surface area contributed by atoms with Crippen molar-refractivity contribution in [3.8, 4) is 0 Å². The van der Waals surface area contributed by atoms with Crippen LogP contribution in [0.3, 0.4) is 0 Å². The first kappa shape index (κ1) is 14.3. The SMILES string of the molecule is CC(C)(C)c1ccc(C(=O)N(N)c2ccccc2)cc1. The van der Waals surface area contributed by atoms with E-state index < -0.39 is 0 Å². The molecule has 0 atom stereocenters. The van der Waals surface area contributed by atoms with Gasteiger partial charge in [-0.2, -0.15) is 0 Å². The second kappa shape index (κ2) is 5.47. The van der Waals surface area contributed by atoms with Gasteiger partial charge in [-0.1, -0.05) is 51.1 Å². The van der Waals surface area contributed by atoms with Gasteiger partial charge < -0.3 is 0 Å². The third-order valence-electron chi connectivity index (χ3n) is 3.25. The number of nitrogens with zero attached hydrogens (tertiary/aromatic N) is 1. The van der Waals surface area contributed by atoms with Crippen molar-refractivity contribution in [2.75, 3.05) is 5.01 Å². The third kappa shape index (κ3) is 3.06. The summed E-state index contributed by atoms with van der Waals surface area (Å²) in [5.74, 6) is 5.67. The average molecular weight is 268 g/mol. The number of benzene rings is 2. The van der Waals surface area contributed by atoms with E-state index in [1.165, 1.54) is 10.6 Å². The van der Waals surface area contributed by atoms with Crippen molar-refractivity contribution >= 4 is 11.6 Å². The summed E-state index contributed by atoms with van der Waals surface area (Å²) >= 11 is 0. The lowest BCUT2D eigenvalue weighted by Crippen LogP contribution is -2.37. The van der Waals surface area contributed by atoms with Crippen LogP contribution in [0.2, 0.25) is 0 Å². The molecule has 1 amide bonds. The highest BCUT2D eigenvalue weighted by Crippen LogP contribution is 2.22. The van der Waals surface area contributed by atoms with E-state index in [0.717, 1.165) is 0 Å². The highest BCUT2D eigenvalue weighted by atomic mass is 16.2. The van der Waals surface area contributed by atoms with Crippen LogP contribution in [0, 0.1) is 0 Å². The van der Waals surface area contributed by atoms with E-state index in [1.807, 2.05) is 42.5 Å². The summed E-state index contributed by atoms with van der Waals surface area (Å²) in [4.78, 5) is 12.3. The van der Waals surface area contributed by atoms with Crippen molar-refractivity contribution in [2.24, 2.45) is 5.84 Å². The summed E-state index contributed by atoms with van der Waals surface area (Å²) < 4.78 is 0. The lowest BCUT2D eigenvalue weighted by molar-refractivity contribution is 0.0987. The molecular formula is C17H20N2O. The van der Waals surface area contributed by atoms with Crippen molar-refractivity contribution in [3.63, 3.8) is 0 Å². The number of hydrazine groups is 1. The van der Waals surface area contributed by atoms with Gasteiger partial charge in [-0.3, -0.25) is 4.79 Å². The van der Waals surface area contributed by atoms with Gasteiger partial charge in [0.05, 0.1) is 5.69 Å². The Balaban J connectivity index is 2.22. The van der Waals surface area contributed by atoms with Gasteiger partial charge >= 0.3 is 0 Å². The molecule has 0 unspecified atom stereocenters. The van der Waals surface area contributed by atoms with Crippen molar-refractivity contribution in [1.29, 1.82) is 0 Å². The molecule has 0 saturated carbocycles. The molecule has 20 heavy (non-hydrogen) atoms. The van der Waals surface area contributed by atoms with Crippen molar-refractivity contribution in [1.82, 2.24) is 0 Å². The summed E-state index contributed by atoms with van der Waals surface area (Å²) in [6, 6.07) is 16.8. The van der Waals surface area contributed by atoms with Crippen molar-refractivity contribution in [2.45, 2.75) is 26.2 Å². The van der Waals surface area contributed by atoms with E-state index in [-0.39, 0.29) is 11.3 Å². The number of para-hydroxylation sites is 1. The maximum absolute atomic E-state index is 12.3. The molecule has 0 spiro atoms. The number of nitrogens with two attached hydrogens (primary N) is 1. The number of carbonyl (C=O) groups excluding carboxylic acids is 1. The van der Waals surface area contributed by atoms with Crippen LogP contribution in [0.1, 0.15) is 36.7 Å². The lowest BCUT2D eigenvalue weighted by atomic mass is 9.86. The van der Waals surface area contributed by atoms with Crippen LogP contribution in [-0.2, 0) is 5.41 Å². The van der Waals surface area contributed by atoms with E-state index in [0.29, 0.717) is 11.3 Å². The van der Waals surface area contributed by atoms with Gasteiger partial charge in [0.2, 0.25) is 0 Å². The Hall–Kier alpha value is -2.13. The lowest BCUT2D eigenvalue weighted by Gasteiger charge is -2.20. The van der Waals surface area contributed by atoms with Crippen molar-refractivity contribution in [3.05, 3.63) is 65.7 Å². The number of hydrogen-bond acceptors (Lipinski definition) is 2. The average Bonchev–Trinajstić information content (AvgIpc) is 2.46. The van der Waals surface area contributed by atoms with Gasteiger partial charge in [0, 0.05) is 5.56 Å². The highest BCUT2D eigenvalue weighted by molar-refractivity contribution is 6.05. The van der Waals surface area contributed by atoms with Crippen LogP contribution >= 0.6 is 0 Å². The molecule has 0 aliphatic rings.